The summed E-state index contributed by atoms with van der Waals surface area (Å²) in [6.07, 6.45) is -8.89. The van der Waals surface area contributed by atoms with Crippen LogP contribution in [0, 0.1) is 0 Å². The van der Waals surface area contributed by atoms with Gasteiger partial charge in [0.2, 0.25) is 0 Å². The third kappa shape index (κ3) is 2.07. The first-order chi connectivity index (χ1) is 8.74. The van der Waals surface area contributed by atoms with Gasteiger partial charge < -0.3 is 45.2 Å². The molecule has 0 amide bonds. The SMILES string of the molecule is O[C@@H]1[C@@H](O)[C@@](O)([C@@]2(O)COC[C@@H](O)[C@@H]2O)CO[C@@H]1O. The molecule has 2 aliphatic heterocycles. The minimum atomic E-state index is -2.51. The first-order valence-electron chi connectivity index (χ1n) is 5.78. The maximum absolute atomic E-state index is 10.4. The van der Waals surface area contributed by atoms with Gasteiger partial charge in [0.25, 0.3) is 0 Å². The van der Waals surface area contributed by atoms with Crippen molar-refractivity contribution in [1.29, 1.82) is 0 Å². The molecule has 0 aromatic rings. The van der Waals surface area contributed by atoms with E-state index in [4.69, 9.17) is 4.74 Å². The number of aliphatic hydroxyl groups is 7. The Hall–Kier alpha value is -0.360. The van der Waals surface area contributed by atoms with Crippen molar-refractivity contribution in [3.05, 3.63) is 0 Å². The third-order valence-corrected chi connectivity index (χ3v) is 3.79. The fourth-order valence-corrected chi connectivity index (χ4v) is 2.43. The Morgan fingerprint density at radius 2 is 1.42 bits per heavy atom. The average molecular weight is 282 g/mol. The van der Waals surface area contributed by atoms with Crippen LogP contribution in [0.5, 0.6) is 0 Å². The second kappa shape index (κ2) is 4.88. The zero-order valence-corrected chi connectivity index (χ0v) is 9.96. The Bertz CT molecular complexity index is 339. The fraction of sp³-hybridized carbons (Fsp3) is 1.00. The van der Waals surface area contributed by atoms with E-state index in [0.717, 1.165) is 0 Å². The lowest BCUT2D eigenvalue weighted by Gasteiger charge is -2.53. The molecule has 0 aromatic carbocycles. The van der Waals surface area contributed by atoms with E-state index < -0.39 is 55.1 Å². The molecular formula is C10H18O9. The molecule has 2 heterocycles. The summed E-state index contributed by atoms with van der Waals surface area (Å²) in [7, 11) is 0. The Morgan fingerprint density at radius 3 is 2.05 bits per heavy atom. The molecule has 0 bridgehead atoms. The Morgan fingerprint density at radius 1 is 0.842 bits per heavy atom. The zero-order chi connectivity index (χ0) is 14.4. The van der Waals surface area contributed by atoms with Gasteiger partial charge in [-0.05, 0) is 0 Å². The molecule has 0 aromatic heterocycles. The van der Waals surface area contributed by atoms with Gasteiger partial charge in [0, 0.05) is 0 Å². The normalized spacial score (nSPS) is 56.1. The van der Waals surface area contributed by atoms with E-state index in [1.54, 1.807) is 0 Å². The topological polar surface area (TPSA) is 160 Å². The first kappa shape index (κ1) is 15.0. The molecule has 0 radical (unpaired) electrons. The van der Waals surface area contributed by atoms with Crippen LogP contribution in [0.4, 0.5) is 0 Å². The van der Waals surface area contributed by atoms with Crippen LogP contribution in [-0.2, 0) is 9.47 Å². The quantitative estimate of drug-likeness (QED) is 0.250. The van der Waals surface area contributed by atoms with Crippen molar-refractivity contribution in [2.75, 3.05) is 19.8 Å². The largest absolute Gasteiger partial charge is 0.388 e. The maximum Gasteiger partial charge on any atom is 0.183 e. The molecule has 2 saturated heterocycles. The van der Waals surface area contributed by atoms with Crippen molar-refractivity contribution in [3.8, 4) is 0 Å². The average Bonchev–Trinajstić information content (AvgIpc) is 2.38. The lowest BCUT2D eigenvalue weighted by atomic mass is 9.71. The van der Waals surface area contributed by atoms with Crippen LogP contribution in [-0.4, -0.2) is 97.5 Å². The summed E-state index contributed by atoms with van der Waals surface area (Å²) in [5, 5.41) is 68.6. The van der Waals surface area contributed by atoms with E-state index in [0.29, 0.717) is 0 Å². The van der Waals surface area contributed by atoms with Gasteiger partial charge in [-0.1, -0.05) is 0 Å². The van der Waals surface area contributed by atoms with E-state index in [1.807, 2.05) is 0 Å². The second-order valence-electron chi connectivity index (χ2n) is 5.01. The Labute approximate surface area is 108 Å². The highest BCUT2D eigenvalue weighted by Crippen LogP contribution is 2.38. The summed E-state index contributed by atoms with van der Waals surface area (Å²) in [5.74, 6) is 0. The standard InChI is InChI=1S/C10H18O9/c11-4-1-18-2-9(16,6(4)13)10(17)3-19-8(15)5(12)7(10)14/h4-8,11-17H,1-3H2/t4-,5-,6+,7-,8+,9-,10-/m1/s1. The van der Waals surface area contributed by atoms with Crippen LogP contribution >= 0.6 is 0 Å². The molecule has 2 rings (SSSR count). The van der Waals surface area contributed by atoms with E-state index in [9.17, 15) is 35.7 Å². The monoisotopic (exact) mass is 282 g/mol. The molecule has 7 atom stereocenters. The second-order valence-corrected chi connectivity index (χ2v) is 5.01. The Balaban J connectivity index is 2.32. The van der Waals surface area contributed by atoms with E-state index in [2.05, 4.69) is 4.74 Å². The molecule has 0 aliphatic carbocycles. The molecule has 0 unspecified atom stereocenters. The highest BCUT2D eigenvalue weighted by molar-refractivity contribution is 5.14. The van der Waals surface area contributed by atoms with Crippen LogP contribution in [0.25, 0.3) is 0 Å². The molecule has 9 heteroatoms. The van der Waals surface area contributed by atoms with Crippen molar-refractivity contribution < 1.29 is 45.2 Å². The molecule has 0 spiro atoms. The summed E-state index contributed by atoms with van der Waals surface area (Å²) in [6, 6.07) is 0. The van der Waals surface area contributed by atoms with Crippen molar-refractivity contribution in [2.45, 2.75) is 41.9 Å². The summed E-state index contributed by atoms with van der Waals surface area (Å²) in [4.78, 5) is 0. The smallest absolute Gasteiger partial charge is 0.183 e. The van der Waals surface area contributed by atoms with Gasteiger partial charge >= 0.3 is 0 Å². The minimum Gasteiger partial charge on any atom is -0.388 e. The lowest BCUT2D eigenvalue weighted by molar-refractivity contribution is -0.356. The van der Waals surface area contributed by atoms with E-state index >= 15 is 0 Å². The number of aliphatic hydroxyl groups excluding tert-OH is 5. The van der Waals surface area contributed by atoms with Gasteiger partial charge in [0.05, 0.1) is 19.8 Å². The summed E-state index contributed by atoms with van der Waals surface area (Å²) in [6.45, 7) is -1.58. The van der Waals surface area contributed by atoms with Gasteiger partial charge in [-0.25, -0.2) is 0 Å². The van der Waals surface area contributed by atoms with Crippen LogP contribution in [0.2, 0.25) is 0 Å². The molecule has 19 heavy (non-hydrogen) atoms. The van der Waals surface area contributed by atoms with E-state index in [1.165, 1.54) is 0 Å². The zero-order valence-electron chi connectivity index (χ0n) is 9.96. The van der Waals surface area contributed by atoms with Gasteiger partial charge in [0.1, 0.15) is 35.6 Å². The van der Waals surface area contributed by atoms with Crippen LogP contribution in [0.3, 0.4) is 0 Å². The van der Waals surface area contributed by atoms with Gasteiger partial charge in [-0.15, -0.1) is 0 Å². The minimum absolute atomic E-state index is 0.248. The molecular weight excluding hydrogens is 264 g/mol. The highest BCUT2D eigenvalue weighted by Gasteiger charge is 2.65. The summed E-state index contributed by atoms with van der Waals surface area (Å²) >= 11 is 0. The van der Waals surface area contributed by atoms with Crippen molar-refractivity contribution in [1.82, 2.24) is 0 Å². The predicted molar refractivity (Wildman–Crippen MR) is 56.7 cm³/mol. The van der Waals surface area contributed by atoms with Gasteiger partial charge in [-0.3, -0.25) is 0 Å². The van der Waals surface area contributed by atoms with Crippen LogP contribution in [0.15, 0.2) is 0 Å². The maximum atomic E-state index is 10.4. The molecule has 0 saturated carbocycles. The summed E-state index contributed by atoms with van der Waals surface area (Å²) in [5.41, 5.74) is -4.96. The molecule has 9 nitrogen and oxygen atoms in total. The van der Waals surface area contributed by atoms with Gasteiger partial charge in [0.15, 0.2) is 6.29 Å². The molecule has 2 aliphatic rings. The van der Waals surface area contributed by atoms with Crippen molar-refractivity contribution in [2.24, 2.45) is 0 Å². The molecule has 112 valence electrons. The van der Waals surface area contributed by atoms with E-state index in [-0.39, 0.29) is 6.61 Å². The molecule has 2 fully saturated rings. The van der Waals surface area contributed by atoms with Crippen LogP contribution < -0.4 is 0 Å². The van der Waals surface area contributed by atoms with Crippen LogP contribution in [0.1, 0.15) is 0 Å². The number of ether oxygens (including phenoxy) is 2. The fourth-order valence-electron chi connectivity index (χ4n) is 2.43. The Kier molecular flexibility index (Phi) is 3.86. The number of hydrogen-bond donors (Lipinski definition) is 7. The number of hydrogen-bond acceptors (Lipinski definition) is 9. The van der Waals surface area contributed by atoms with Crippen molar-refractivity contribution in [3.63, 3.8) is 0 Å². The van der Waals surface area contributed by atoms with Gasteiger partial charge in [-0.2, -0.15) is 0 Å². The number of rotatable bonds is 1. The predicted octanol–water partition coefficient (Wildman–Crippen LogP) is -4.73. The lowest BCUT2D eigenvalue weighted by Crippen LogP contribution is -2.78. The first-order valence-corrected chi connectivity index (χ1v) is 5.78. The molecule has 7 N–H and O–H groups in total. The highest BCUT2D eigenvalue weighted by atomic mass is 16.6. The summed E-state index contributed by atoms with van der Waals surface area (Å²) < 4.78 is 9.53. The third-order valence-electron chi connectivity index (χ3n) is 3.79. The van der Waals surface area contributed by atoms with Crippen molar-refractivity contribution >= 4 is 0 Å².